The number of halogens is 1. The lowest BCUT2D eigenvalue weighted by Crippen LogP contribution is -2.24. The molecular formula is C13H16ClNO3. The largest absolute Gasteiger partial charge is 0.495 e. The third-order valence-electron chi connectivity index (χ3n) is 3.48. The summed E-state index contributed by atoms with van der Waals surface area (Å²) in [6.45, 7) is 1.33. The van der Waals surface area contributed by atoms with Crippen LogP contribution in [0.15, 0.2) is 6.07 Å². The maximum Gasteiger partial charge on any atom is 0.231 e. The summed E-state index contributed by atoms with van der Waals surface area (Å²) in [5.74, 6) is 2.20. The highest BCUT2D eigenvalue weighted by molar-refractivity contribution is 6.32. The molecular weight excluding hydrogens is 254 g/mol. The van der Waals surface area contributed by atoms with Crippen LogP contribution in [0.2, 0.25) is 5.02 Å². The Morgan fingerprint density at radius 1 is 1.50 bits per heavy atom. The summed E-state index contributed by atoms with van der Waals surface area (Å²) in [6, 6.07) is 2.22. The predicted octanol–water partition coefficient (Wildman–Crippen LogP) is 2.37. The van der Waals surface area contributed by atoms with Gasteiger partial charge in [-0.15, -0.1) is 0 Å². The fourth-order valence-corrected chi connectivity index (χ4v) is 2.93. The lowest BCUT2D eigenvalue weighted by molar-refractivity contribution is 0.173. The van der Waals surface area contributed by atoms with Gasteiger partial charge in [-0.05, 0) is 25.8 Å². The van der Waals surface area contributed by atoms with Crippen LogP contribution in [-0.4, -0.2) is 26.5 Å². The fraction of sp³-hybridized carbons (Fsp3) is 0.538. The molecule has 1 N–H and O–H groups in total. The Hall–Kier alpha value is -1.13. The van der Waals surface area contributed by atoms with Crippen LogP contribution in [0.5, 0.6) is 17.2 Å². The maximum absolute atomic E-state index is 6.22. The van der Waals surface area contributed by atoms with Gasteiger partial charge in [0.05, 0.1) is 12.1 Å². The molecule has 0 saturated carbocycles. The monoisotopic (exact) mass is 269 g/mol. The standard InChI is InChI=1S/C13H16ClNO3/c1-16-12-9(5-8-3-2-4-15-8)13-11(6-10(12)14)17-7-18-13/h6,8,15H,2-5,7H2,1H3. The minimum absolute atomic E-state index is 0.254. The highest BCUT2D eigenvalue weighted by Gasteiger charge is 2.27. The second-order valence-corrected chi connectivity index (χ2v) is 5.01. The van der Waals surface area contributed by atoms with E-state index in [2.05, 4.69) is 5.32 Å². The summed E-state index contributed by atoms with van der Waals surface area (Å²) in [5, 5.41) is 4.05. The third-order valence-corrected chi connectivity index (χ3v) is 3.76. The number of benzene rings is 1. The van der Waals surface area contributed by atoms with Gasteiger partial charge < -0.3 is 19.5 Å². The van der Waals surface area contributed by atoms with Crippen LogP contribution in [0.3, 0.4) is 0 Å². The molecule has 98 valence electrons. The van der Waals surface area contributed by atoms with Crippen LogP contribution in [0, 0.1) is 0 Å². The molecule has 0 bridgehead atoms. The SMILES string of the molecule is COc1c(Cl)cc2c(c1CC1CCCN1)OCO2. The van der Waals surface area contributed by atoms with Gasteiger partial charge in [0.15, 0.2) is 11.5 Å². The zero-order chi connectivity index (χ0) is 12.5. The molecule has 0 aliphatic carbocycles. The van der Waals surface area contributed by atoms with Gasteiger partial charge in [0.25, 0.3) is 0 Å². The van der Waals surface area contributed by atoms with Crippen molar-refractivity contribution in [3.8, 4) is 17.2 Å². The third kappa shape index (κ3) is 1.99. The maximum atomic E-state index is 6.22. The summed E-state index contributed by atoms with van der Waals surface area (Å²) >= 11 is 6.22. The second kappa shape index (κ2) is 4.86. The molecule has 3 rings (SSSR count). The van der Waals surface area contributed by atoms with Crippen molar-refractivity contribution in [2.24, 2.45) is 0 Å². The van der Waals surface area contributed by atoms with Crippen molar-refractivity contribution in [3.63, 3.8) is 0 Å². The molecule has 18 heavy (non-hydrogen) atoms. The van der Waals surface area contributed by atoms with Crippen molar-refractivity contribution in [1.29, 1.82) is 0 Å². The van der Waals surface area contributed by atoms with Gasteiger partial charge in [0.1, 0.15) is 5.75 Å². The molecule has 1 unspecified atom stereocenters. The van der Waals surface area contributed by atoms with E-state index in [9.17, 15) is 0 Å². The molecule has 2 aliphatic heterocycles. The zero-order valence-corrected chi connectivity index (χ0v) is 11.0. The molecule has 4 nitrogen and oxygen atoms in total. The quantitative estimate of drug-likeness (QED) is 0.915. The average molecular weight is 270 g/mol. The Balaban J connectivity index is 1.99. The van der Waals surface area contributed by atoms with Crippen LogP contribution < -0.4 is 19.5 Å². The van der Waals surface area contributed by atoms with E-state index in [0.717, 1.165) is 24.3 Å². The van der Waals surface area contributed by atoms with Crippen LogP contribution in [0.25, 0.3) is 0 Å². The Kier molecular flexibility index (Phi) is 3.22. The Morgan fingerprint density at radius 3 is 3.11 bits per heavy atom. The summed E-state index contributed by atoms with van der Waals surface area (Å²) in [4.78, 5) is 0. The van der Waals surface area contributed by atoms with Crippen LogP contribution in [-0.2, 0) is 6.42 Å². The van der Waals surface area contributed by atoms with Crippen molar-refractivity contribution in [1.82, 2.24) is 5.32 Å². The topological polar surface area (TPSA) is 39.7 Å². The van der Waals surface area contributed by atoms with E-state index >= 15 is 0 Å². The first-order chi connectivity index (χ1) is 8.79. The fourth-order valence-electron chi connectivity index (χ4n) is 2.64. The normalized spacial score (nSPS) is 21.3. The lowest BCUT2D eigenvalue weighted by Gasteiger charge is -2.16. The minimum atomic E-state index is 0.254. The molecule has 2 aliphatic rings. The molecule has 1 aromatic rings. The van der Waals surface area contributed by atoms with Crippen molar-refractivity contribution in [3.05, 3.63) is 16.7 Å². The number of fused-ring (bicyclic) bond motifs is 1. The molecule has 0 aromatic heterocycles. The average Bonchev–Trinajstić information content (AvgIpc) is 2.99. The molecule has 0 spiro atoms. The summed E-state index contributed by atoms with van der Waals surface area (Å²) in [5.41, 5.74) is 1.01. The molecule has 5 heteroatoms. The van der Waals surface area contributed by atoms with E-state index in [1.165, 1.54) is 12.8 Å². The Morgan fingerprint density at radius 2 is 2.39 bits per heavy atom. The van der Waals surface area contributed by atoms with Crippen molar-refractivity contribution < 1.29 is 14.2 Å². The minimum Gasteiger partial charge on any atom is -0.495 e. The molecule has 2 heterocycles. The number of methoxy groups -OCH3 is 1. The van der Waals surface area contributed by atoms with Gasteiger partial charge in [0.2, 0.25) is 6.79 Å². The molecule has 1 atom stereocenters. The summed E-state index contributed by atoms with van der Waals surface area (Å²) in [7, 11) is 1.63. The lowest BCUT2D eigenvalue weighted by atomic mass is 10.0. The number of hydrogen-bond acceptors (Lipinski definition) is 4. The van der Waals surface area contributed by atoms with E-state index < -0.39 is 0 Å². The smallest absolute Gasteiger partial charge is 0.231 e. The highest BCUT2D eigenvalue weighted by Crippen LogP contribution is 2.46. The summed E-state index contributed by atoms with van der Waals surface area (Å²) in [6.07, 6.45) is 3.24. The number of hydrogen-bond donors (Lipinski definition) is 1. The zero-order valence-electron chi connectivity index (χ0n) is 10.3. The number of ether oxygens (including phenoxy) is 3. The molecule has 1 fully saturated rings. The molecule has 1 aromatic carbocycles. The van der Waals surface area contributed by atoms with E-state index in [4.69, 9.17) is 25.8 Å². The van der Waals surface area contributed by atoms with Gasteiger partial charge in [-0.1, -0.05) is 11.6 Å². The van der Waals surface area contributed by atoms with E-state index in [0.29, 0.717) is 22.6 Å². The summed E-state index contributed by atoms with van der Waals surface area (Å²) < 4.78 is 16.4. The van der Waals surface area contributed by atoms with Crippen LogP contribution >= 0.6 is 11.6 Å². The highest BCUT2D eigenvalue weighted by atomic mass is 35.5. The molecule has 0 amide bonds. The number of rotatable bonds is 3. The van der Waals surface area contributed by atoms with Crippen molar-refractivity contribution >= 4 is 11.6 Å². The van der Waals surface area contributed by atoms with Crippen LogP contribution in [0.4, 0.5) is 0 Å². The van der Waals surface area contributed by atoms with Crippen molar-refractivity contribution in [2.45, 2.75) is 25.3 Å². The van der Waals surface area contributed by atoms with Crippen LogP contribution in [0.1, 0.15) is 18.4 Å². The van der Waals surface area contributed by atoms with Gasteiger partial charge in [-0.25, -0.2) is 0 Å². The van der Waals surface area contributed by atoms with E-state index in [1.807, 2.05) is 0 Å². The first kappa shape index (κ1) is 11.9. The van der Waals surface area contributed by atoms with E-state index in [-0.39, 0.29) is 6.79 Å². The van der Waals surface area contributed by atoms with Gasteiger partial charge in [-0.3, -0.25) is 0 Å². The van der Waals surface area contributed by atoms with Gasteiger partial charge >= 0.3 is 0 Å². The van der Waals surface area contributed by atoms with Crippen molar-refractivity contribution in [2.75, 3.05) is 20.4 Å². The first-order valence-corrected chi connectivity index (χ1v) is 6.55. The molecule has 0 radical (unpaired) electrons. The van der Waals surface area contributed by atoms with Gasteiger partial charge in [-0.2, -0.15) is 0 Å². The Labute approximate surface area is 111 Å². The first-order valence-electron chi connectivity index (χ1n) is 6.18. The predicted molar refractivity (Wildman–Crippen MR) is 68.9 cm³/mol. The molecule has 1 saturated heterocycles. The van der Waals surface area contributed by atoms with E-state index in [1.54, 1.807) is 13.2 Å². The second-order valence-electron chi connectivity index (χ2n) is 4.60. The number of nitrogens with one attached hydrogen (secondary N) is 1. The Bertz CT molecular complexity index is 454. The van der Waals surface area contributed by atoms with Gasteiger partial charge in [0, 0.05) is 17.7 Å².